The molecule has 1 N–H and O–H groups in total. The second-order valence-electron chi connectivity index (χ2n) is 5.82. The van der Waals surface area contributed by atoms with Gasteiger partial charge in [0.05, 0.1) is 17.6 Å². The summed E-state index contributed by atoms with van der Waals surface area (Å²) in [7, 11) is -3.59. The van der Waals surface area contributed by atoms with Gasteiger partial charge in [0.15, 0.2) is 0 Å². The number of amides is 1. The molecule has 6 nitrogen and oxygen atoms in total. The van der Waals surface area contributed by atoms with Gasteiger partial charge in [-0.2, -0.15) is 4.31 Å². The summed E-state index contributed by atoms with van der Waals surface area (Å²) < 4.78 is 32.2. The van der Waals surface area contributed by atoms with E-state index in [1.165, 1.54) is 16.4 Å². The van der Waals surface area contributed by atoms with Gasteiger partial charge >= 0.3 is 0 Å². The number of ether oxygens (including phenoxy) is 1. The molecule has 1 heterocycles. The molecule has 1 saturated heterocycles. The molecule has 0 aromatic heterocycles. The van der Waals surface area contributed by atoms with Gasteiger partial charge in [-0.15, -0.1) is 0 Å². The lowest BCUT2D eigenvalue weighted by atomic mass is 10.2. The zero-order valence-electron chi connectivity index (χ0n) is 12.5. The number of morpholine rings is 1. The van der Waals surface area contributed by atoms with Crippen LogP contribution >= 0.6 is 0 Å². The Hall–Kier alpha value is -1.44. The SMILES string of the molecule is CC1CN(S(=O)(=O)c2cccc(C(=O)NC3CC3)c2)CCO1. The van der Waals surface area contributed by atoms with Crippen molar-refractivity contribution in [3.8, 4) is 0 Å². The first kappa shape index (κ1) is 15.5. The van der Waals surface area contributed by atoms with E-state index in [9.17, 15) is 13.2 Å². The molecule has 7 heteroatoms. The molecule has 1 aromatic carbocycles. The summed E-state index contributed by atoms with van der Waals surface area (Å²) in [5.74, 6) is -0.213. The Kier molecular flexibility index (Phi) is 4.20. The molecular weight excluding hydrogens is 304 g/mol. The number of rotatable bonds is 4. The Labute approximate surface area is 130 Å². The minimum Gasteiger partial charge on any atom is -0.376 e. The first-order valence-corrected chi connectivity index (χ1v) is 8.93. The maximum absolute atomic E-state index is 12.7. The van der Waals surface area contributed by atoms with Gasteiger partial charge in [0.25, 0.3) is 5.91 Å². The number of nitrogens with zero attached hydrogens (tertiary/aromatic N) is 1. The van der Waals surface area contributed by atoms with Crippen LogP contribution in [0, 0.1) is 0 Å². The average molecular weight is 324 g/mol. The maximum Gasteiger partial charge on any atom is 0.251 e. The molecule has 3 rings (SSSR count). The first-order valence-electron chi connectivity index (χ1n) is 7.49. The van der Waals surface area contributed by atoms with E-state index in [-0.39, 0.29) is 22.9 Å². The minimum atomic E-state index is -3.59. The monoisotopic (exact) mass is 324 g/mol. The summed E-state index contributed by atoms with van der Waals surface area (Å²) in [6.45, 7) is 2.91. The molecule has 1 aliphatic carbocycles. The third kappa shape index (κ3) is 3.31. The zero-order valence-corrected chi connectivity index (χ0v) is 13.3. The molecule has 0 bridgehead atoms. The summed E-state index contributed by atoms with van der Waals surface area (Å²) in [4.78, 5) is 12.2. The molecule has 1 aliphatic heterocycles. The molecule has 2 fully saturated rings. The number of hydrogen-bond donors (Lipinski definition) is 1. The largest absolute Gasteiger partial charge is 0.376 e. The minimum absolute atomic E-state index is 0.120. The van der Waals surface area contributed by atoms with Crippen LogP contribution in [0.5, 0.6) is 0 Å². The van der Waals surface area contributed by atoms with Crippen LogP contribution in [0.15, 0.2) is 29.2 Å². The second-order valence-corrected chi connectivity index (χ2v) is 7.76. The molecule has 2 aliphatic rings. The van der Waals surface area contributed by atoms with Gasteiger partial charge in [0, 0.05) is 24.7 Å². The highest BCUT2D eigenvalue weighted by atomic mass is 32.2. The molecule has 1 saturated carbocycles. The van der Waals surface area contributed by atoms with Crippen LogP contribution in [0.4, 0.5) is 0 Å². The highest BCUT2D eigenvalue weighted by Gasteiger charge is 2.30. The van der Waals surface area contributed by atoms with E-state index in [0.717, 1.165) is 12.8 Å². The van der Waals surface area contributed by atoms with Crippen molar-refractivity contribution in [1.82, 2.24) is 9.62 Å². The number of carbonyl (C=O) groups excluding carboxylic acids is 1. The van der Waals surface area contributed by atoms with Crippen molar-refractivity contribution in [3.05, 3.63) is 29.8 Å². The Morgan fingerprint density at radius 1 is 1.36 bits per heavy atom. The molecule has 0 spiro atoms. The number of carbonyl (C=O) groups is 1. The molecular formula is C15H20N2O4S. The topological polar surface area (TPSA) is 75.7 Å². The summed E-state index contributed by atoms with van der Waals surface area (Å²) in [6, 6.07) is 6.47. The standard InChI is InChI=1S/C15H20N2O4S/c1-11-10-17(7-8-21-11)22(19,20)14-4-2-3-12(9-14)15(18)16-13-5-6-13/h2-4,9,11,13H,5-8,10H2,1H3,(H,16,18). The molecule has 1 atom stereocenters. The predicted octanol–water partition coefficient (Wildman–Crippen LogP) is 0.988. The molecule has 22 heavy (non-hydrogen) atoms. The van der Waals surface area contributed by atoms with Crippen LogP contribution in [-0.2, 0) is 14.8 Å². The zero-order chi connectivity index (χ0) is 15.7. The number of hydrogen-bond acceptors (Lipinski definition) is 4. The molecule has 1 amide bonds. The van der Waals surface area contributed by atoms with Gasteiger partial charge in [-0.1, -0.05) is 6.07 Å². The first-order chi connectivity index (χ1) is 10.5. The Balaban J connectivity index is 1.82. The van der Waals surface area contributed by atoms with Crippen molar-refractivity contribution >= 4 is 15.9 Å². The van der Waals surface area contributed by atoms with Crippen LogP contribution in [0.25, 0.3) is 0 Å². The quantitative estimate of drug-likeness (QED) is 0.896. The van der Waals surface area contributed by atoms with Crippen LogP contribution < -0.4 is 5.32 Å². The lowest BCUT2D eigenvalue weighted by Crippen LogP contribution is -2.44. The fourth-order valence-electron chi connectivity index (χ4n) is 2.45. The van der Waals surface area contributed by atoms with Gasteiger partial charge in [-0.05, 0) is 38.0 Å². The smallest absolute Gasteiger partial charge is 0.251 e. The highest BCUT2D eigenvalue weighted by molar-refractivity contribution is 7.89. The van der Waals surface area contributed by atoms with Crippen LogP contribution in [0.2, 0.25) is 0 Å². The molecule has 0 radical (unpaired) electrons. The molecule has 1 unspecified atom stereocenters. The van der Waals surface area contributed by atoms with Crippen LogP contribution in [0.3, 0.4) is 0 Å². The van der Waals surface area contributed by atoms with Crippen LogP contribution in [0.1, 0.15) is 30.1 Å². The number of sulfonamides is 1. The molecule has 120 valence electrons. The summed E-state index contributed by atoms with van der Waals surface area (Å²) in [5, 5.41) is 2.87. The predicted molar refractivity (Wildman–Crippen MR) is 81.1 cm³/mol. The summed E-state index contributed by atoms with van der Waals surface area (Å²) in [5.41, 5.74) is 0.384. The van der Waals surface area contributed by atoms with E-state index in [1.807, 2.05) is 6.92 Å². The van der Waals surface area contributed by atoms with E-state index < -0.39 is 10.0 Å². The van der Waals surface area contributed by atoms with E-state index in [2.05, 4.69) is 5.32 Å². The summed E-state index contributed by atoms with van der Waals surface area (Å²) in [6.07, 6.45) is 1.87. The van der Waals surface area contributed by atoms with Gasteiger partial charge in [0.1, 0.15) is 0 Å². The highest BCUT2D eigenvalue weighted by Crippen LogP contribution is 2.22. The van der Waals surface area contributed by atoms with E-state index >= 15 is 0 Å². The van der Waals surface area contributed by atoms with Gasteiger partial charge in [-0.25, -0.2) is 8.42 Å². The van der Waals surface area contributed by atoms with Gasteiger partial charge < -0.3 is 10.1 Å². The average Bonchev–Trinajstić information content (AvgIpc) is 3.31. The van der Waals surface area contributed by atoms with Crippen molar-refractivity contribution < 1.29 is 17.9 Å². The fraction of sp³-hybridized carbons (Fsp3) is 0.533. The van der Waals surface area contributed by atoms with E-state index in [4.69, 9.17) is 4.74 Å². The fourth-order valence-corrected chi connectivity index (χ4v) is 3.99. The summed E-state index contributed by atoms with van der Waals surface area (Å²) >= 11 is 0. The Bertz CT molecular complexity index is 670. The third-order valence-electron chi connectivity index (χ3n) is 3.85. The normalized spacial score (nSPS) is 23.2. The van der Waals surface area contributed by atoms with Crippen molar-refractivity contribution in [1.29, 1.82) is 0 Å². The Morgan fingerprint density at radius 3 is 2.82 bits per heavy atom. The number of nitrogens with one attached hydrogen (secondary N) is 1. The van der Waals surface area contributed by atoms with Gasteiger partial charge in [-0.3, -0.25) is 4.79 Å². The Morgan fingerprint density at radius 2 is 2.14 bits per heavy atom. The van der Waals surface area contributed by atoms with E-state index in [1.54, 1.807) is 12.1 Å². The lowest BCUT2D eigenvalue weighted by Gasteiger charge is -2.30. The number of benzene rings is 1. The lowest BCUT2D eigenvalue weighted by molar-refractivity contribution is 0.0102. The van der Waals surface area contributed by atoms with E-state index in [0.29, 0.717) is 25.3 Å². The van der Waals surface area contributed by atoms with Crippen LogP contribution in [-0.4, -0.2) is 50.5 Å². The maximum atomic E-state index is 12.7. The van der Waals surface area contributed by atoms with Crippen molar-refractivity contribution in [3.63, 3.8) is 0 Å². The third-order valence-corrected chi connectivity index (χ3v) is 5.71. The van der Waals surface area contributed by atoms with Gasteiger partial charge in [0.2, 0.25) is 10.0 Å². The van der Waals surface area contributed by atoms with Crippen molar-refractivity contribution in [2.45, 2.75) is 36.8 Å². The van der Waals surface area contributed by atoms with Crippen molar-refractivity contribution in [2.24, 2.45) is 0 Å². The van der Waals surface area contributed by atoms with Crippen molar-refractivity contribution in [2.75, 3.05) is 19.7 Å². The second kappa shape index (κ2) is 5.98. The molecule has 1 aromatic rings.